The van der Waals surface area contributed by atoms with E-state index in [1.165, 1.54) is 30.8 Å². The molecule has 1 saturated carbocycles. The molecule has 1 unspecified atom stereocenters. The van der Waals surface area contributed by atoms with Crippen molar-refractivity contribution in [2.75, 3.05) is 18.1 Å². The summed E-state index contributed by atoms with van der Waals surface area (Å²) in [4.78, 5) is 24.4. The van der Waals surface area contributed by atoms with Gasteiger partial charge in [-0.3, -0.25) is 9.59 Å². The van der Waals surface area contributed by atoms with Gasteiger partial charge in [0, 0.05) is 11.5 Å². The van der Waals surface area contributed by atoms with E-state index in [1.807, 2.05) is 6.08 Å². The van der Waals surface area contributed by atoms with Crippen LogP contribution in [0, 0.1) is 11.8 Å². The fourth-order valence-corrected chi connectivity index (χ4v) is 7.07. The molecule has 2 heterocycles. The first-order valence-electron chi connectivity index (χ1n) is 9.50. The predicted octanol–water partition coefficient (Wildman–Crippen LogP) is 2.77. The molecule has 0 aromatic rings. The first kappa shape index (κ1) is 19.8. The number of carbonyl (C=O) groups is 2. The molecule has 4 N–H and O–H groups in total. The van der Waals surface area contributed by atoms with E-state index >= 15 is 0 Å². The van der Waals surface area contributed by atoms with Gasteiger partial charge in [-0.25, -0.2) is 0 Å². The largest absolute Gasteiger partial charge is 0.507 e. The minimum Gasteiger partial charge on any atom is -0.507 e. The summed E-state index contributed by atoms with van der Waals surface area (Å²) in [7, 11) is 0. The summed E-state index contributed by atoms with van der Waals surface area (Å²) in [5, 5.41) is 13.0. The number of Topliss-reactive ketones (excluding diaryl/α,β-unsaturated/α-hetero) is 1. The van der Waals surface area contributed by atoms with Crippen molar-refractivity contribution in [3.05, 3.63) is 23.5 Å². The minimum atomic E-state index is -0.549. The summed E-state index contributed by atoms with van der Waals surface area (Å²) in [6, 6.07) is -0.549. The van der Waals surface area contributed by atoms with E-state index in [9.17, 15) is 14.7 Å². The van der Waals surface area contributed by atoms with Gasteiger partial charge < -0.3 is 16.2 Å². The van der Waals surface area contributed by atoms with Crippen molar-refractivity contribution in [2.24, 2.45) is 17.6 Å². The number of hydrogen-bond acceptors (Lipinski definition) is 6. The molecule has 26 heavy (non-hydrogen) atoms. The molecule has 2 saturated heterocycles. The number of carbonyl (C=O) groups excluding carboxylic acids is 2. The van der Waals surface area contributed by atoms with Crippen LogP contribution in [-0.2, 0) is 9.59 Å². The average Bonchev–Trinajstić information content (AvgIpc) is 3.34. The van der Waals surface area contributed by atoms with Gasteiger partial charge in [0.25, 0.3) is 5.91 Å². The maximum atomic E-state index is 12.4. The number of rotatable bonds is 7. The van der Waals surface area contributed by atoms with Gasteiger partial charge in [0.2, 0.25) is 0 Å². The van der Waals surface area contributed by atoms with Crippen LogP contribution in [0.4, 0.5) is 0 Å². The molecule has 1 aliphatic carbocycles. The van der Waals surface area contributed by atoms with Crippen molar-refractivity contribution in [1.29, 1.82) is 0 Å². The second-order valence-corrected chi connectivity index (χ2v) is 10.1. The van der Waals surface area contributed by atoms with Crippen LogP contribution in [0.1, 0.15) is 38.5 Å². The van der Waals surface area contributed by atoms with E-state index in [0.29, 0.717) is 35.8 Å². The molecule has 0 spiro atoms. The summed E-state index contributed by atoms with van der Waals surface area (Å²) in [6.07, 6.45) is 9.54. The second kappa shape index (κ2) is 9.33. The highest BCUT2D eigenvalue weighted by molar-refractivity contribution is 8.20. The predicted molar refractivity (Wildman–Crippen MR) is 108 cm³/mol. The quantitative estimate of drug-likeness (QED) is 0.348. The maximum absolute atomic E-state index is 12.4. The number of thioether (sulfide) groups is 2. The Kier molecular flexibility index (Phi) is 7.12. The zero-order valence-electron chi connectivity index (χ0n) is 15.0. The van der Waals surface area contributed by atoms with E-state index in [4.69, 9.17) is 5.73 Å². The van der Waals surface area contributed by atoms with Crippen molar-refractivity contribution in [3.8, 4) is 0 Å². The van der Waals surface area contributed by atoms with Gasteiger partial charge in [0.05, 0.1) is 10.6 Å². The van der Waals surface area contributed by atoms with Gasteiger partial charge in [-0.05, 0) is 56.6 Å². The molecule has 1 amide bonds. The number of aliphatic hydroxyl groups is 1. The van der Waals surface area contributed by atoms with E-state index in [2.05, 4.69) is 28.8 Å². The van der Waals surface area contributed by atoms with Crippen molar-refractivity contribution in [1.82, 2.24) is 5.32 Å². The third kappa shape index (κ3) is 4.67. The van der Waals surface area contributed by atoms with Crippen molar-refractivity contribution in [3.63, 3.8) is 0 Å². The van der Waals surface area contributed by atoms with Crippen molar-refractivity contribution in [2.45, 2.75) is 49.1 Å². The molecule has 144 valence electrons. The Morgan fingerprint density at radius 2 is 2.04 bits per heavy atom. The zero-order chi connectivity index (χ0) is 18.5. The Hall–Kier alpha value is -0.920. The SMILES string of the molecule is NCCCC1NC(=O)/C(=C(O)/C=C/[C@H]2CCC[C@@H]2CC2SCCS2)C1=O. The first-order valence-corrected chi connectivity index (χ1v) is 11.6. The number of allylic oxidation sites excluding steroid dienone is 2. The van der Waals surface area contributed by atoms with E-state index in [-0.39, 0.29) is 17.1 Å². The highest BCUT2D eigenvalue weighted by atomic mass is 32.2. The van der Waals surface area contributed by atoms with Crippen LogP contribution in [0.3, 0.4) is 0 Å². The average molecular weight is 397 g/mol. The Bertz CT molecular complexity index is 600. The van der Waals surface area contributed by atoms with Crippen LogP contribution in [0.5, 0.6) is 0 Å². The van der Waals surface area contributed by atoms with E-state index in [0.717, 1.165) is 6.42 Å². The smallest absolute Gasteiger partial charge is 0.259 e. The molecule has 3 fully saturated rings. The normalized spacial score (nSPS) is 32.0. The summed E-state index contributed by atoms with van der Waals surface area (Å²) >= 11 is 4.11. The molecule has 3 rings (SSSR count). The third-order valence-corrected chi connectivity index (χ3v) is 8.54. The fourth-order valence-electron chi connectivity index (χ4n) is 4.05. The van der Waals surface area contributed by atoms with Crippen molar-refractivity contribution < 1.29 is 14.7 Å². The monoisotopic (exact) mass is 396 g/mol. The number of amides is 1. The molecule has 0 aromatic heterocycles. The third-order valence-electron chi connectivity index (χ3n) is 5.45. The molecule has 3 atom stereocenters. The highest BCUT2D eigenvalue weighted by Crippen LogP contribution is 2.43. The van der Waals surface area contributed by atoms with Crippen LogP contribution in [0.2, 0.25) is 0 Å². The maximum Gasteiger partial charge on any atom is 0.259 e. The molecule has 2 aliphatic heterocycles. The number of nitrogens with one attached hydrogen (secondary N) is 1. The fraction of sp³-hybridized carbons (Fsp3) is 0.684. The van der Waals surface area contributed by atoms with Gasteiger partial charge in [-0.1, -0.05) is 12.5 Å². The Balaban J connectivity index is 1.63. The molecule has 5 nitrogen and oxygen atoms in total. The zero-order valence-corrected chi connectivity index (χ0v) is 16.6. The van der Waals surface area contributed by atoms with Crippen molar-refractivity contribution >= 4 is 35.2 Å². The second-order valence-electron chi connectivity index (χ2n) is 7.20. The number of nitrogens with two attached hydrogens (primary N) is 1. The lowest BCUT2D eigenvalue weighted by Gasteiger charge is -2.19. The molecule has 0 aromatic carbocycles. The van der Waals surface area contributed by atoms with Crippen LogP contribution in [0.25, 0.3) is 0 Å². The molecule has 0 radical (unpaired) electrons. The first-order chi connectivity index (χ1) is 12.6. The topological polar surface area (TPSA) is 92.4 Å². The van der Waals surface area contributed by atoms with Crippen LogP contribution in [-0.4, -0.2) is 45.5 Å². The van der Waals surface area contributed by atoms with Gasteiger partial charge in [0.15, 0.2) is 5.78 Å². The number of aliphatic hydroxyl groups excluding tert-OH is 1. The molecular weight excluding hydrogens is 368 g/mol. The van der Waals surface area contributed by atoms with Gasteiger partial charge >= 0.3 is 0 Å². The van der Waals surface area contributed by atoms with Gasteiger partial charge in [0.1, 0.15) is 11.3 Å². The van der Waals surface area contributed by atoms with E-state index < -0.39 is 11.9 Å². The molecule has 7 heteroatoms. The van der Waals surface area contributed by atoms with E-state index in [1.54, 1.807) is 6.08 Å². The Morgan fingerprint density at radius 3 is 2.77 bits per heavy atom. The molecule has 0 bridgehead atoms. The lowest BCUT2D eigenvalue weighted by Crippen LogP contribution is -2.29. The molecular formula is C19H28N2O3S2. The van der Waals surface area contributed by atoms with Crippen LogP contribution >= 0.6 is 23.5 Å². The lowest BCUT2D eigenvalue weighted by molar-refractivity contribution is -0.117. The van der Waals surface area contributed by atoms with Gasteiger partial charge in [-0.15, -0.1) is 23.5 Å². The number of ketones is 1. The number of hydrogen-bond donors (Lipinski definition) is 3. The summed E-state index contributed by atoms with van der Waals surface area (Å²) in [6.45, 7) is 0.477. The minimum absolute atomic E-state index is 0.0975. The highest BCUT2D eigenvalue weighted by Gasteiger charge is 2.37. The standard InChI is InChI=1S/C19H28N2O3S2/c20-8-2-5-14-18(23)17(19(24)21-14)15(22)7-6-12-3-1-4-13(12)11-16-25-9-10-26-16/h6-7,12-14,16,22H,1-5,8-11,20H2,(H,21,24)/b7-6+,17-15-/t12-,13-,14?/m1/s1. The Morgan fingerprint density at radius 1 is 1.27 bits per heavy atom. The summed E-state index contributed by atoms with van der Waals surface area (Å²) < 4.78 is 0.700. The van der Waals surface area contributed by atoms with Crippen LogP contribution < -0.4 is 11.1 Å². The Labute approximate surface area is 163 Å². The molecule has 3 aliphatic rings. The summed E-state index contributed by atoms with van der Waals surface area (Å²) in [5.74, 6) is 2.58. The summed E-state index contributed by atoms with van der Waals surface area (Å²) in [5.41, 5.74) is 5.37. The lowest BCUT2D eigenvalue weighted by atomic mass is 9.92. The van der Waals surface area contributed by atoms with Crippen LogP contribution in [0.15, 0.2) is 23.5 Å². The van der Waals surface area contributed by atoms with Gasteiger partial charge in [-0.2, -0.15) is 0 Å².